The molecule has 0 aliphatic heterocycles. The van der Waals surface area contributed by atoms with Gasteiger partial charge in [-0.2, -0.15) is 0 Å². The summed E-state index contributed by atoms with van der Waals surface area (Å²) in [7, 11) is 1.19. The van der Waals surface area contributed by atoms with Crippen molar-refractivity contribution in [3.8, 4) is 0 Å². The molecule has 1 aromatic rings. The van der Waals surface area contributed by atoms with Crippen molar-refractivity contribution in [2.75, 3.05) is 13.7 Å². The maximum Gasteiger partial charge on any atom is 0.408 e. The first-order valence-corrected chi connectivity index (χ1v) is 7.59. The van der Waals surface area contributed by atoms with Gasteiger partial charge in [-0.15, -0.1) is 6.58 Å². The first kappa shape index (κ1) is 20.2. The number of benzene rings is 1. The molecule has 0 saturated heterocycles. The van der Waals surface area contributed by atoms with E-state index >= 15 is 0 Å². The number of aliphatic hydroxyl groups excluding tert-OH is 1. The van der Waals surface area contributed by atoms with Crippen LogP contribution in [0.4, 0.5) is 4.79 Å². The number of alkyl carbamates (subject to hydrolysis) is 1. The van der Waals surface area contributed by atoms with E-state index in [1.54, 1.807) is 24.3 Å². The van der Waals surface area contributed by atoms with Gasteiger partial charge in [0.2, 0.25) is 5.91 Å². The van der Waals surface area contributed by atoms with Crippen LogP contribution in [-0.2, 0) is 25.7 Å². The van der Waals surface area contributed by atoms with Crippen molar-refractivity contribution in [2.45, 2.75) is 25.1 Å². The molecule has 0 radical (unpaired) electrons. The predicted octanol–water partition coefficient (Wildman–Crippen LogP) is 0.508. The van der Waals surface area contributed by atoms with Crippen molar-refractivity contribution in [1.82, 2.24) is 10.6 Å². The summed E-state index contributed by atoms with van der Waals surface area (Å²) in [6, 6.07) is 6.77. The van der Waals surface area contributed by atoms with Crippen LogP contribution in [0.2, 0.25) is 0 Å². The fourth-order valence-corrected chi connectivity index (χ4v) is 1.90. The van der Waals surface area contributed by atoms with Crippen LogP contribution in [0.5, 0.6) is 0 Å². The number of hydrogen-bond acceptors (Lipinski definition) is 6. The number of hydrogen-bond donors (Lipinski definition) is 3. The van der Waals surface area contributed by atoms with E-state index in [-0.39, 0.29) is 13.0 Å². The second kappa shape index (κ2) is 10.8. The number of carbonyl (C=O) groups is 3. The number of carbonyl (C=O) groups excluding carboxylic acids is 3. The van der Waals surface area contributed by atoms with Gasteiger partial charge in [0.15, 0.2) is 0 Å². The first-order valence-electron chi connectivity index (χ1n) is 7.59. The molecule has 0 bridgehead atoms. The zero-order valence-corrected chi connectivity index (χ0v) is 13.9. The molecule has 0 fully saturated rings. The summed E-state index contributed by atoms with van der Waals surface area (Å²) in [6.45, 7) is 2.86. The van der Waals surface area contributed by atoms with E-state index in [1.807, 2.05) is 6.07 Å². The summed E-state index contributed by atoms with van der Waals surface area (Å²) < 4.78 is 9.55. The van der Waals surface area contributed by atoms with Gasteiger partial charge in [0.25, 0.3) is 0 Å². The van der Waals surface area contributed by atoms with Crippen LogP contribution >= 0.6 is 0 Å². The lowest BCUT2D eigenvalue weighted by atomic mass is 10.2. The topological polar surface area (TPSA) is 114 Å². The van der Waals surface area contributed by atoms with Gasteiger partial charge in [-0.1, -0.05) is 36.4 Å². The Kier molecular flexibility index (Phi) is 8.73. The van der Waals surface area contributed by atoms with Crippen molar-refractivity contribution >= 4 is 18.0 Å². The lowest BCUT2D eigenvalue weighted by Crippen LogP contribution is -2.53. The number of nitrogens with one attached hydrogen (secondary N) is 2. The standard InChI is InChI=1S/C17H22N2O6/c1-3-7-13(16(22)24-2)18-15(21)14(10-20)19-17(23)25-11-12-8-5-4-6-9-12/h3-6,8-9,13-14,20H,1,7,10-11H2,2H3,(H,18,21)(H,19,23)/t13-,14-/m0/s1. The fourth-order valence-electron chi connectivity index (χ4n) is 1.90. The molecule has 0 heterocycles. The van der Waals surface area contributed by atoms with Gasteiger partial charge in [-0.25, -0.2) is 9.59 Å². The van der Waals surface area contributed by atoms with Crippen molar-refractivity contribution in [1.29, 1.82) is 0 Å². The number of amides is 2. The minimum Gasteiger partial charge on any atom is -0.467 e. The highest BCUT2D eigenvalue weighted by Gasteiger charge is 2.26. The Balaban J connectivity index is 2.55. The summed E-state index contributed by atoms with van der Waals surface area (Å²) in [4.78, 5) is 35.4. The number of methoxy groups -OCH3 is 1. The van der Waals surface area contributed by atoms with Gasteiger partial charge in [-0.3, -0.25) is 4.79 Å². The lowest BCUT2D eigenvalue weighted by molar-refractivity contribution is -0.145. The summed E-state index contributed by atoms with van der Waals surface area (Å²) in [5.41, 5.74) is 0.777. The first-order chi connectivity index (χ1) is 12.0. The second-order valence-electron chi connectivity index (χ2n) is 5.05. The molecule has 25 heavy (non-hydrogen) atoms. The Labute approximate surface area is 145 Å². The summed E-state index contributed by atoms with van der Waals surface area (Å²) >= 11 is 0. The third-order valence-electron chi connectivity index (χ3n) is 3.21. The van der Waals surface area contributed by atoms with Gasteiger partial charge in [0.05, 0.1) is 13.7 Å². The highest BCUT2D eigenvalue weighted by molar-refractivity contribution is 5.89. The summed E-state index contributed by atoms with van der Waals surface area (Å²) in [5, 5.41) is 13.9. The van der Waals surface area contributed by atoms with E-state index in [1.165, 1.54) is 13.2 Å². The van der Waals surface area contributed by atoms with Crippen LogP contribution < -0.4 is 10.6 Å². The SMILES string of the molecule is C=CC[C@H](NC(=O)[C@H](CO)NC(=O)OCc1ccccc1)C(=O)OC. The largest absolute Gasteiger partial charge is 0.467 e. The summed E-state index contributed by atoms with van der Waals surface area (Å²) in [6.07, 6.45) is 0.725. The second-order valence-corrected chi connectivity index (χ2v) is 5.05. The average molecular weight is 350 g/mol. The zero-order valence-electron chi connectivity index (χ0n) is 13.9. The molecule has 0 unspecified atom stereocenters. The number of aliphatic hydroxyl groups is 1. The van der Waals surface area contributed by atoms with Crippen LogP contribution in [0.3, 0.4) is 0 Å². The molecule has 1 rings (SSSR count). The molecule has 2 amide bonds. The number of rotatable bonds is 9. The Morgan fingerprint density at radius 2 is 1.88 bits per heavy atom. The number of ether oxygens (including phenoxy) is 2. The molecular weight excluding hydrogens is 328 g/mol. The monoisotopic (exact) mass is 350 g/mol. The molecule has 8 nitrogen and oxygen atoms in total. The third kappa shape index (κ3) is 7.05. The zero-order chi connectivity index (χ0) is 18.7. The van der Waals surface area contributed by atoms with Crippen LogP contribution in [0, 0.1) is 0 Å². The van der Waals surface area contributed by atoms with Crippen LogP contribution in [0.1, 0.15) is 12.0 Å². The van der Waals surface area contributed by atoms with Gasteiger partial charge < -0.3 is 25.2 Å². The predicted molar refractivity (Wildman–Crippen MR) is 89.4 cm³/mol. The molecule has 0 spiro atoms. The van der Waals surface area contributed by atoms with E-state index in [4.69, 9.17) is 4.74 Å². The van der Waals surface area contributed by atoms with Crippen molar-refractivity contribution in [3.05, 3.63) is 48.6 Å². The van der Waals surface area contributed by atoms with Crippen molar-refractivity contribution < 1.29 is 29.0 Å². The van der Waals surface area contributed by atoms with Crippen molar-refractivity contribution in [2.24, 2.45) is 0 Å². The highest BCUT2D eigenvalue weighted by Crippen LogP contribution is 2.01. The minimum absolute atomic E-state index is 0.0215. The molecular formula is C17H22N2O6. The van der Waals surface area contributed by atoms with Gasteiger partial charge in [-0.05, 0) is 12.0 Å². The maximum absolute atomic E-state index is 12.1. The van der Waals surface area contributed by atoms with Gasteiger partial charge in [0.1, 0.15) is 18.7 Å². The fraction of sp³-hybridized carbons (Fsp3) is 0.353. The average Bonchev–Trinajstić information content (AvgIpc) is 2.64. The molecule has 0 saturated carbocycles. The van der Waals surface area contributed by atoms with Crippen molar-refractivity contribution in [3.63, 3.8) is 0 Å². The molecule has 3 N–H and O–H groups in total. The lowest BCUT2D eigenvalue weighted by Gasteiger charge is -2.20. The van der Waals surface area contributed by atoms with E-state index < -0.39 is 36.7 Å². The minimum atomic E-state index is -1.26. The Hall–Kier alpha value is -2.87. The summed E-state index contributed by atoms with van der Waals surface area (Å²) in [5.74, 6) is -1.40. The Morgan fingerprint density at radius 3 is 2.44 bits per heavy atom. The molecule has 8 heteroatoms. The molecule has 2 atom stereocenters. The maximum atomic E-state index is 12.1. The highest BCUT2D eigenvalue weighted by atomic mass is 16.5. The molecule has 1 aromatic carbocycles. The van der Waals surface area contributed by atoms with E-state index in [0.29, 0.717) is 0 Å². The Bertz CT molecular complexity index is 590. The van der Waals surface area contributed by atoms with Gasteiger partial charge in [0, 0.05) is 0 Å². The molecule has 0 aromatic heterocycles. The molecule has 0 aliphatic carbocycles. The van der Waals surface area contributed by atoms with Gasteiger partial charge >= 0.3 is 12.1 Å². The third-order valence-corrected chi connectivity index (χ3v) is 3.21. The van der Waals surface area contributed by atoms with E-state index in [9.17, 15) is 19.5 Å². The van der Waals surface area contributed by atoms with Crippen LogP contribution in [0.25, 0.3) is 0 Å². The smallest absolute Gasteiger partial charge is 0.408 e. The van der Waals surface area contributed by atoms with E-state index in [2.05, 4.69) is 21.9 Å². The van der Waals surface area contributed by atoms with Crippen LogP contribution in [-0.4, -0.2) is 48.9 Å². The van der Waals surface area contributed by atoms with Crippen LogP contribution in [0.15, 0.2) is 43.0 Å². The normalized spacial score (nSPS) is 12.4. The number of esters is 1. The molecule has 0 aliphatic rings. The Morgan fingerprint density at radius 1 is 1.20 bits per heavy atom. The quantitative estimate of drug-likeness (QED) is 0.442. The van der Waals surface area contributed by atoms with E-state index in [0.717, 1.165) is 5.56 Å². The molecule has 136 valence electrons.